The van der Waals surface area contributed by atoms with Crippen molar-refractivity contribution in [2.24, 2.45) is 20.0 Å². The smallest absolute Gasteiger partial charge is 0.305 e. The van der Waals surface area contributed by atoms with Gasteiger partial charge >= 0.3 is 11.9 Å². The number of nitrogens with one attached hydrogen (secondary N) is 1. The number of nitrogens with zero attached hydrogens (tertiary/aromatic N) is 4. The van der Waals surface area contributed by atoms with Crippen molar-refractivity contribution in [3.8, 4) is 0 Å². The molecule has 0 aromatic heterocycles. The van der Waals surface area contributed by atoms with Gasteiger partial charge in [-0.2, -0.15) is 0 Å². The number of esters is 2. The largest absolute Gasteiger partial charge is 0.516 e. The number of carbonyl (C=O) groups excluding carboxylic acids is 2. The molecule has 0 saturated heterocycles. The van der Waals surface area contributed by atoms with Crippen molar-refractivity contribution < 1.29 is 29.3 Å². The van der Waals surface area contributed by atoms with Crippen molar-refractivity contribution in [3.63, 3.8) is 0 Å². The number of aliphatic imine (C=N–C) groups is 4. The molecule has 0 aliphatic carbocycles. The molecule has 0 amide bonds. The van der Waals surface area contributed by atoms with Crippen LogP contribution in [0.3, 0.4) is 0 Å². The molecule has 238 valence electrons. The zero-order chi connectivity index (χ0) is 33.3. The molecule has 8 bridgehead atoms. The minimum atomic E-state index is -1.57. The Kier molecular flexibility index (Phi) is 8.89. The van der Waals surface area contributed by atoms with E-state index in [0.717, 1.165) is 39.7 Å². The van der Waals surface area contributed by atoms with Crippen molar-refractivity contribution in [1.29, 1.82) is 0 Å². The van der Waals surface area contributed by atoms with Gasteiger partial charge in [0.1, 0.15) is 11.4 Å². The fourth-order valence-corrected chi connectivity index (χ4v) is 5.89. The fourth-order valence-electron chi connectivity index (χ4n) is 5.89. The van der Waals surface area contributed by atoms with Crippen molar-refractivity contribution in [2.75, 3.05) is 14.2 Å². The summed E-state index contributed by atoms with van der Waals surface area (Å²) in [7, 11) is 2.71. The molecule has 5 aliphatic heterocycles. The highest BCUT2D eigenvalue weighted by Crippen LogP contribution is 2.39. The molecule has 0 radical (unpaired) electrons. The number of ether oxygens (including phenoxy) is 2. The Bertz CT molecular complexity index is 1830. The Hall–Kier alpha value is -5.16. The van der Waals surface area contributed by atoms with Gasteiger partial charge in [0.25, 0.3) is 0 Å². The summed E-state index contributed by atoms with van der Waals surface area (Å²) in [5.41, 5.74) is 7.17. The van der Waals surface area contributed by atoms with Gasteiger partial charge in [0.05, 0.1) is 54.7 Å². The second-order valence-corrected chi connectivity index (χ2v) is 11.4. The predicted molar refractivity (Wildman–Crippen MR) is 177 cm³/mol. The van der Waals surface area contributed by atoms with Gasteiger partial charge in [-0.1, -0.05) is 12.7 Å². The number of aliphatic hydroxyl groups is 2. The lowest BCUT2D eigenvalue weighted by atomic mass is 9.93. The van der Waals surface area contributed by atoms with E-state index in [2.05, 4.69) is 11.9 Å². The van der Waals surface area contributed by atoms with Crippen LogP contribution in [0.5, 0.6) is 0 Å². The van der Waals surface area contributed by atoms with Gasteiger partial charge in [-0.15, -0.1) is 0 Å². The Labute approximate surface area is 267 Å². The van der Waals surface area contributed by atoms with E-state index in [1.165, 1.54) is 20.3 Å². The van der Waals surface area contributed by atoms with Gasteiger partial charge in [-0.3, -0.25) is 9.59 Å². The molecule has 1 atom stereocenters. The Morgan fingerprint density at radius 2 is 1.50 bits per heavy atom. The monoisotopic (exact) mass is 623 g/mol. The molecular weight excluding hydrogens is 586 g/mol. The lowest BCUT2D eigenvalue weighted by Crippen LogP contribution is -2.29. The molecule has 0 spiro atoms. The third-order valence-electron chi connectivity index (χ3n) is 8.68. The van der Waals surface area contributed by atoms with Gasteiger partial charge in [0, 0.05) is 29.6 Å². The quantitative estimate of drug-likeness (QED) is 0.251. The molecular formula is C35H37N5O6. The number of carbonyl (C=O) groups is 2. The number of aliphatic hydroxyl groups excluding tert-OH is 1. The number of allylic oxidation sites excluding steroid dienone is 9. The highest BCUT2D eigenvalue weighted by atomic mass is 16.5. The third-order valence-corrected chi connectivity index (χ3v) is 8.68. The number of rotatable bonds is 8. The third kappa shape index (κ3) is 5.81. The molecule has 11 heteroatoms. The van der Waals surface area contributed by atoms with Crippen LogP contribution in [0.15, 0.2) is 125 Å². The molecule has 3 N–H and O–H groups in total. The van der Waals surface area contributed by atoms with Gasteiger partial charge in [0.2, 0.25) is 0 Å². The molecule has 5 rings (SSSR count). The van der Waals surface area contributed by atoms with Crippen LogP contribution in [-0.4, -0.2) is 64.9 Å². The minimum absolute atomic E-state index is 0.141. The molecule has 0 aromatic carbocycles. The van der Waals surface area contributed by atoms with E-state index in [4.69, 9.17) is 29.4 Å². The van der Waals surface area contributed by atoms with Crippen LogP contribution in [0.2, 0.25) is 0 Å². The second kappa shape index (κ2) is 12.7. The van der Waals surface area contributed by atoms with E-state index >= 15 is 0 Å². The van der Waals surface area contributed by atoms with Crippen LogP contribution >= 0.6 is 0 Å². The highest BCUT2D eigenvalue weighted by Gasteiger charge is 2.40. The summed E-state index contributed by atoms with van der Waals surface area (Å²) in [4.78, 5) is 43.9. The van der Waals surface area contributed by atoms with E-state index in [0.29, 0.717) is 64.3 Å². The van der Waals surface area contributed by atoms with Crippen LogP contribution in [0.1, 0.15) is 53.4 Å². The lowest BCUT2D eigenvalue weighted by Gasteiger charge is -2.20. The number of fused-ring (bicyclic) bond motifs is 5. The summed E-state index contributed by atoms with van der Waals surface area (Å²) >= 11 is 0. The first-order chi connectivity index (χ1) is 21.9. The van der Waals surface area contributed by atoms with Crippen LogP contribution < -0.4 is 5.32 Å². The molecule has 5 heterocycles. The van der Waals surface area contributed by atoms with Crippen molar-refractivity contribution in [1.82, 2.24) is 5.32 Å². The average Bonchev–Trinajstić information content (AvgIpc) is 3.67. The van der Waals surface area contributed by atoms with Crippen LogP contribution in [0.4, 0.5) is 0 Å². The van der Waals surface area contributed by atoms with Gasteiger partial charge in [0.15, 0.2) is 5.84 Å². The van der Waals surface area contributed by atoms with Crippen molar-refractivity contribution >= 4 is 34.9 Å². The van der Waals surface area contributed by atoms with Crippen LogP contribution in [-0.2, 0) is 19.1 Å². The van der Waals surface area contributed by atoms with E-state index in [-0.39, 0.29) is 24.8 Å². The standard InChI is InChI=1S/C35H37N5O6/c1-8-21-20(4)33-38-27(21)15-25-18(2)22(9-11-31(42)45-6)28(36-25)16-29-23(10-12-32(43)46-7)19(3)26(37-29)17-30-35(5,44)24(13-14-41)34(39-30)40-33/h8,13-17,39,41,44H,1,9-12H2,2-7H3/b14-13+,25-15?,29-16?,30-17?,40-33?/t35-/m1/s1. The maximum atomic E-state index is 12.2. The van der Waals surface area contributed by atoms with Gasteiger partial charge < -0.3 is 25.0 Å². The summed E-state index contributed by atoms with van der Waals surface area (Å²) in [6.45, 7) is 11.3. The Morgan fingerprint density at radius 1 is 0.870 bits per heavy atom. The topological polar surface area (TPSA) is 155 Å². The zero-order valence-corrected chi connectivity index (χ0v) is 26.8. The predicted octanol–water partition coefficient (Wildman–Crippen LogP) is 5.09. The highest BCUT2D eigenvalue weighted by molar-refractivity contribution is 6.27. The molecule has 46 heavy (non-hydrogen) atoms. The Balaban J connectivity index is 1.78. The summed E-state index contributed by atoms with van der Waals surface area (Å²) in [6.07, 6.45) is 10.5. The fraction of sp³-hybridized carbons (Fsp3) is 0.314. The van der Waals surface area contributed by atoms with Crippen LogP contribution in [0, 0.1) is 0 Å². The molecule has 0 aromatic rings. The van der Waals surface area contributed by atoms with Gasteiger partial charge in [-0.05, 0) is 87.1 Å². The average molecular weight is 624 g/mol. The zero-order valence-electron chi connectivity index (χ0n) is 26.8. The number of amidine groups is 1. The molecule has 0 saturated carbocycles. The molecule has 0 unspecified atom stereocenters. The number of methoxy groups -OCH3 is 2. The SMILES string of the molecule is C=CC1=C(C)C2=NC3=C(/C=C/O)[C@@](C)(O)C(=CC4=NC(=CC5=NC(=CC1=N2)C(C)=C5CCC(=O)OC)C(CCC(=O)OC)=C4C)N3. The molecule has 11 nitrogen and oxygen atoms in total. The maximum absolute atomic E-state index is 12.2. The molecule has 0 fully saturated rings. The van der Waals surface area contributed by atoms with Gasteiger partial charge in [-0.25, -0.2) is 20.0 Å². The first-order valence-electron chi connectivity index (χ1n) is 14.9. The van der Waals surface area contributed by atoms with E-state index in [9.17, 15) is 19.8 Å². The first-order valence-corrected chi connectivity index (χ1v) is 14.9. The number of hydrogen-bond donors (Lipinski definition) is 3. The maximum Gasteiger partial charge on any atom is 0.305 e. The summed E-state index contributed by atoms with van der Waals surface area (Å²) in [5.74, 6) is 0.0360. The van der Waals surface area contributed by atoms with E-state index in [1.807, 2.05) is 32.9 Å². The Morgan fingerprint density at radius 3 is 2.13 bits per heavy atom. The minimum Gasteiger partial charge on any atom is -0.516 e. The summed E-state index contributed by atoms with van der Waals surface area (Å²) in [5, 5.41) is 24.7. The number of hydrogen-bond acceptors (Lipinski definition) is 11. The summed E-state index contributed by atoms with van der Waals surface area (Å²) < 4.78 is 9.82. The van der Waals surface area contributed by atoms with Crippen LogP contribution in [0.25, 0.3) is 0 Å². The normalized spacial score (nSPS) is 22.4. The first kappa shape index (κ1) is 32.2. The second-order valence-electron chi connectivity index (χ2n) is 11.4. The van der Waals surface area contributed by atoms with E-state index < -0.39 is 5.60 Å². The van der Waals surface area contributed by atoms with E-state index in [1.54, 1.807) is 19.1 Å². The summed E-state index contributed by atoms with van der Waals surface area (Å²) in [6, 6.07) is 0. The van der Waals surface area contributed by atoms with Crippen molar-refractivity contribution in [2.45, 2.75) is 59.0 Å². The van der Waals surface area contributed by atoms with Crippen molar-refractivity contribution in [3.05, 3.63) is 105 Å². The lowest BCUT2D eigenvalue weighted by molar-refractivity contribution is -0.141. The molecule has 5 aliphatic rings.